The Morgan fingerprint density at radius 3 is 2.20 bits per heavy atom. The molecule has 0 aliphatic carbocycles. The van der Waals surface area contributed by atoms with Crippen LogP contribution in [0.2, 0.25) is 0 Å². The van der Waals surface area contributed by atoms with Gasteiger partial charge in [0, 0.05) is 31.5 Å². The average Bonchev–Trinajstić information content (AvgIpc) is 2.54. The molecule has 1 aromatic heterocycles. The minimum Gasteiger partial charge on any atom is -0.329 e. The smallest absolute Gasteiger partial charge is 0.329 e. The Morgan fingerprint density at radius 1 is 1.08 bits per heavy atom. The number of carbonyl (C=O) groups is 2. The maximum atomic E-state index is 12.5. The fourth-order valence-electron chi connectivity index (χ4n) is 2.10. The van der Waals surface area contributed by atoms with Crippen molar-refractivity contribution in [1.82, 2.24) is 9.88 Å². The normalized spacial score (nSPS) is 11.0. The van der Waals surface area contributed by atoms with E-state index in [1.807, 2.05) is 0 Å². The van der Waals surface area contributed by atoms with Crippen LogP contribution in [0.5, 0.6) is 0 Å². The molecule has 0 saturated carbocycles. The van der Waals surface area contributed by atoms with Gasteiger partial charge in [0.2, 0.25) is 11.8 Å². The van der Waals surface area contributed by atoms with Crippen molar-refractivity contribution in [3.05, 3.63) is 59.9 Å². The zero-order chi connectivity index (χ0) is 18.4. The number of hydrogen-bond donors (Lipinski definition) is 1. The van der Waals surface area contributed by atoms with Gasteiger partial charge in [0.05, 0.1) is 5.56 Å². The summed E-state index contributed by atoms with van der Waals surface area (Å²) in [4.78, 5) is 29.0. The summed E-state index contributed by atoms with van der Waals surface area (Å²) in [5.41, 5.74) is 0.242. The first-order valence-corrected chi connectivity index (χ1v) is 7.37. The van der Waals surface area contributed by atoms with Crippen LogP contribution in [0, 0.1) is 0 Å². The lowest BCUT2D eigenvalue weighted by molar-refractivity contribution is -0.137. The van der Waals surface area contributed by atoms with E-state index in [0.717, 1.165) is 17.7 Å². The third-order valence-electron chi connectivity index (χ3n) is 3.40. The zero-order valence-electron chi connectivity index (χ0n) is 13.4. The molecule has 0 spiro atoms. The predicted molar refractivity (Wildman–Crippen MR) is 85.4 cm³/mol. The van der Waals surface area contributed by atoms with Crippen LogP contribution in [-0.2, 0) is 22.3 Å². The quantitative estimate of drug-likeness (QED) is 0.900. The van der Waals surface area contributed by atoms with Gasteiger partial charge >= 0.3 is 6.18 Å². The third kappa shape index (κ3) is 5.59. The van der Waals surface area contributed by atoms with Gasteiger partial charge in [-0.05, 0) is 42.0 Å². The number of nitrogens with zero attached hydrogens (tertiary/aromatic N) is 2. The number of pyridine rings is 1. The van der Waals surface area contributed by atoms with Gasteiger partial charge in [0.1, 0.15) is 6.54 Å². The van der Waals surface area contributed by atoms with Crippen molar-refractivity contribution in [2.45, 2.75) is 19.6 Å². The number of amides is 2. The van der Waals surface area contributed by atoms with Crippen LogP contribution in [0.25, 0.3) is 0 Å². The molecule has 1 N–H and O–H groups in total. The Balaban J connectivity index is 1.98. The molecular formula is C17H16F3N3O2. The maximum absolute atomic E-state index is 12.5. The molecule has 2 amide bonds. The number of halogens is 3. The van der Waals surface area contributed by atoms with Crippen molar-refractivity contribution in [2.24, 2.45) is 0 Å². The van der Waals surface area contributed by atoms with Crippen LogP contribution in [0.3, 0.4) is 0 Å². The van der Waals surface area contributed by atoms with Crippen LogP contribution in [-0.4, -0.2) is 28.2 Å². The highest BCUT2D eigenvalue weighted by Crippen LogP contribution is 2.29. The second-order valence-electron chi connectivity index (χ2n) is 5.35. The first-order chi connectivity index (χ1) is 11.8. The average molecular weight is 351 g/mol. The molecule has 2 aromatic rings. The lowest BCUT2D eigenvalue weighted by Gasteiger charge is -2.20. The van der Waals surface area contributed by atoms with Gasteiger partial charge < -0.3 is 10.2 Å². The molecule has 8 heteroatoms. The van der Waals surface area contributed by atoms with E-state index >= 15 is 0 Å². The standard InChI is InChI=1S/C17H16F3N3O2/c1-12(24)23(10-13-6-8-21-9-7-13)11-16(25)22-15-4-2-14(3-5-15)17(18,19)20/h2-9H,10-11H2,1H3,(H,22,25). The third-order valence-corrected chi connectivity index (χ3v) is 3.40. The van der Waals surface area contributed by atoms with Crippen LogP contribution in [0.1, 0.15) is 18.1 Å². The summed E-state index contributed by atoms with van der Waals surface area (Å²) in [6.45, 7) is 1.36. The van der Waals surface area contributed by atoms with E-state index in [1.54, 1.807) is 24.5 Å². The van der Waals surface area contributed by atoms with Crippen molar-refractivity contribution in [2.75, 3.05) is 11.9 Å². The summed E-state index contributed by atoms with van der Waals surface area (Å²) < 4.78 is 37.5. The van der Waals surface area contributed by atoms with Crippen molar-refractivity contribution in [3.63, 3.8) is 0 Å². The number of aromatic nitrogens is 1. The zero-order valence-corrected chi connectivity index (χ0v) is 13.4. The van der Waals surface area contributed by atoms with Crippen molar-refractivity contribution >= 4 is 17.5 Å². The minimum atomic E-state index is -4.43. The number of anilines is 1. The second kappa shape index (κ2) is 7.78. The summed E-state index contributed by atoms with van der Waals surface area (Å²) >= 11 is 0. The number of nitrogens with one attached hydrogen (secondary N) is 1. The van der Waals surface area contributed by atoms with Gasteiger partial charge in [-0.3, -0.25) is 14.6 Å². The number of carbonyl (C=O) groups excluding carboxylic acids is 2. The Bertz CT molecular complexity index is 731. The highest BCUT2D eigenvalue weighted by molar-refractivity contribution is 5.94. The van der Waals surface area contributed by atoms with Gasteiger partial charge in [-0.2, -0.15) is 13.2 Å². The number of hydrogen-bond acceptors (Lipinski definition) is 3. The summed E-state index contributed by atoms with van der Waals surface area (Å²) in [6.07, 6.45) is -1.27. The Hall–Kier alpha value is -2.90. The van der Waals surface area contributed by atoms with Crippen LogP contribution < -0.4 is 5.32 Å². The highest BCUT2D eigenvalue weighted by Gasteiger charge is 2.30. The van der Waals surface area contributed by atoms with E-state index in [0.29, 0.717) is 0 Å². The molecule has 0 aliphatic heterocycles. The molecule has 0 atom stereocenters. The van der Waals surface area contributed by atoms with Crippen LogP contribution in [0.4, 0.5) is 18.9 Å². The van der Waals surface area contributed by atoms with Gasteiger partial charge in [0.25, 0.3) is 0 Å². The molecule has 132 valence electrons. The van der Waals surface area contributed by atoms with E-state index < -0.39 is 17.6 Å². The first-order valence-electron chi connectivity index (χ1n) is 7.37. The lowest BCUT2D eigenvalue weighted by atomic mass is 10.2. The lowest BCUT2D eigenvalue weighted by Crippen LogP contribution is -2.36. The molecule has 5 nitrogen and oxygen atoms in total. The molecule has 0 unspecified atom stereocenters. The Kier molecular flexibility index (Phi) is 5.74. The van der Waals surface area contributed by atoms with Crippen molar-refractivity contribution < 1.29 is 22.8 Å². The number of alkyl halides is 3. The van der Waals surface area contributed by atoms with E-state index in [1.165, 1.54) is 24.0 Å². The Morgan fingerprint density at radius 2 is 1.68 bits per heavy atom. The molecule has 0 fully saturated rings. The van der Waals surface area contributed by atoms with Crippen LogP contribution >= 0.6 is 0 Å². The van der Waals surface area contributed by atoms with E-state index in [-0.39, 0.29) is 24.7 Å². The SMILES string of the molecule is CC(=O)N(CC(=O)Nc1ccc(C(F)(F)F)cc1)Cc1ccncc1. The second-order valence-corrected chi connectivity index (χ2v) is 5.35. The number of rotatable bonds is 5. The van der Waals surface area contributed by atoms with E-state index in [9.17, 15) is 22.8 Å². The van der Waals surface area contributed by atoms with Gasteiger partial charge in [-0.1, -0.05) is 0 Å². The minimum absolute atomic E-state index is 0.210. The van der Waals surface area contributed by atoms with E-state index in [4.69, 9.17) is 0 Å². The fourth-order valence-corrected chi connectivity index (χ4v) is 2.10. The molecule has 1 aromatic carbocycles. The summed E-state index contributed by atoms with van der Waals surface area (Å²) in [6, 6.07) is 7.56. The molecule has 0 radical (unpaired) electrons. The van der Waals surface area contributed by atoms with E-state index in [2.05, 4.69) is 10.3 Å². The van der Waals surface area contributed by atoms with Gasteiger partial charge in [0.15, 0.2) is 0 Å². The predicted octanol–water partition coefficient (Wildman–Crippen LogP) is 3.09. The summed E-state index contributed by atoms with van der Waals surface area (Å²) in [5, 5.41) is 2.48. The van der Waals surface area contributed by atoms with Crippen molar-refractivity contribution in [3.8, 4) is 0 Å². The van der Waals surface area contributed by atoms with Crippen LogP contribution in [0.15, 0.2) is 48.8 Å². The highest BCUT2D eigenvalue weighted by atomic mass is 19.4. The maximum Gasteiger partial charge on any atom is 0.416 e. The monoisotopic (exact) mass is 351 g/mol. The van der Waals surface area contributed by atoms with Crippen molar-refractivity contribution in [1.29, 1.82) is 0 Å². The largest absolute Gasteiger partial charge is 0.416 e. The molecule has 0 aliphatic rings. The fraction of sp³-hybridized carbons (Fsp3) is 0.235. The number of benzene rings is 1. The molecule has 2 rings (SSSR count). The molecular weight excluding hydrogens is 335 g/mol. The van der Waals surface area contributed by atoms with Gasteiger partial charge in [-0.25, -0.2) is 0 Å². The molecule has 0 bridgehead atoms. The summed E-state index contributed by atoms with van der Waals surface area (Å²) in [7, 11) is 0. The molecule has 25 heavy (non-hydrogen) atoms. The molecule has 0 saturated heterocycles. The first kappa shape index (κ1) is 18.4. The topological polar surface area (TPSA) is 62.3 Å². The van der Waals surface area contributed by atoms with Gasteiger partial charge in [-0.15, -0.1) is 0 Å². The molecule has 1 heterocycles. The summed E-state index contributed by atoms with van der Waals surface area (Å²) in [5.74, 6) is -0.789. The Labute approximate surface area is 142 Å².